The minimum atomic E-state index is -0.0626. The summed E-state index contributed by atoms with van der Waals surface area (Å²) in [5, 5.41) is -0.0626. The van der Waals surface area contributed by atoms with Crippen molar-refractivity contribution in [2.75, 3.05) is 12.0 Å². The van der Waals surface area contributed by atoms with Crippen molar-refractivity contribution in [3.05, 3.63) is 28.5 Å². The van der Waals surface area contributed by atoms with Gasteiger partial charge in [-0.05, 0) is 50.0 Å². The Labute approximate surface area is 138 Å². The van der Waals surface area contributed by atoms with Gasteiger partial charge < -0.3 is 4.57 Å². The van der Waals surface area contributed by atoms with Crippen LogP contribution in [-0.2, 0) is 6.54 Å². The molecule has 5 heteroatoms. The fourth-order valence-corrected chi connectivity index (χ4v) is 3.36. The number of hydrogen-bond acceptors (Lipinski definition) is 2. The van der Waals surface area contributed by atoms with E-state index in [4.69, 9.17) is 11.6 Å². The summed E-state index contributed by atoms with van der Waals surface area (Å²) in [6.07, 6.45) is 5.88. The van der Waals surface area contributed by atoms with Gasteiger partial charge in [0.05, 0.1) is 16.4 Å². The van der Waals surface area contributed by atoms with E-state index in [0.29, 0.717) is 0 Å². The SMILES string of the molecule is CSCCCCCn1c(C(C)Cl)nc2cc(Br)ccc21. The molecule has 2 nitrogen and oxygen atoms in total. The molecule has 1 atom stereocenters. The predicted molar refractivity (Wildman–Crippen MR) is 93.9 cm³/mol. The standard InChI is InChI=1S/C15H20BrClN2S/c1-11(17)15-18-13-10-12(16)6-7-14(13)19(15)8-4-3-5-9-20-2/h6-7,10-11H,3-5,8-9H2,1-2H3. The molecule has 0 saturated carbocycles. The van der Waals surface area contributed by atoms with Gasteiger partial charge in [0.2, 0.25) is 0 Å². The Kier molecular flexibility index (Phi) is 6.24. The number of nitrogens with zero attached hydrogens (tertiary/aromatic N) is 2. The number of benzene rings is 1. The summed E-state index contributed by atoms with van der Waals surface area (Å²) >= 11 is 11.7. The Balaban J connectivity index is 2.18. The molecule has 20 heavy (non-hydrogen) atoms. The summed E-state index contributed by atoms with van der Waals surface area (Å²) in [6, 6.07) is 6.25. The first-order valence-electron chi connectivity index (χ1n) is 6.92. The summed E-state index contributed by atoms with van der Waals surface area (Å²) in [7, 11) is 0. The lowest BCUT2D eigenvalue weighted by atomic mass is 10.2. The summed E-state index contributed by atoms with van der Waals surface area (Å²) in [4.78, 5) is 4.68. The smallest absolute Gasteiger partial charge is 0.127 e. The molecule has 0 N–H and O–H groups in total. The van der Waals surface area contributed by atoms with Crippen LogP contribution in [0, 0.1) is 0 Å². The summed E-state index contributed by atoms with van der Waals surface area (Å²) in [5.41, 5.74) is 2.20. The molecular weight excluding hydrogens is 356 g/mol. The average molecular weight is 376 g/mol. The summed E-state index contributed by atoms with van der Waals surface area (Å²) in [6.45, 7) is 2.99. The number of thioether (sulfide) groups is 1. The normalized spacial score (nSPS) is 13.0. The van der Waals surface area contributed by atoms with Gasteiger partial charge in [-0.1, -0.05) is 22.4 Å². The third-order valence-corrected chi connectivity index (χ3v) is 4.71. The van der Waals surface area contributed by atoms with Crippen molar-refractivity contribution >= 4 is 50.3 Å². The van der Waals surface area contributed by atoms with E-state index in [2.05, 4.69) is 49.9 Å². The second kappa shape index (κ2) is 7.71. The second-order valence-electron chi connectivity index (χ2n) is 4.92. The first kappa shape index (κ1) is 16.2. The maximum Gasteiger partial charge on any atom is 0.127 e. The van der Waals surface area contributed by atoms with Gasteiger partial charge in [-0.25, -0.2) is 4.98 Å². The largest absolute Gasteiger partial charge is 0.327 e. The Morgan fingerprint density at radius 1 is 1.35 bits per heavy atom. The zero-order valence-corrected chi connectivity index (χ0v) is 15.1. The van der Waals surface area contributed by atoms with Crippen molar-refractivity contribution < 1.29 is 0 Å². The fraction of sp³-hybridized carbons (Fsp3) is 0.533. The van der Waals surface area contributed by atoms with E-state index in [1.54, 1.807) is 0 Å². The molecule has 0 spiro atoms. The van der Waals surface area contributed by atoms with Crippen LogP contribution in [0.3, 0.4) is 0 Å². The zero-order valence-electron chi connectivity index (χ0n) is 11.9. The second-order valence-corrected chi connectivity index (χ2v) is 7.48. The Morgan fingerprint density at radius 3 is 2.85 bits per heavy atom. The lowest BCUT2D eigenvalue weighted by Crippen LogP contribution is -2.04. The molecule has 1 aromatic heterocycles. The zero-order chi connectivity index (χ0) is 14.5. The Morgan fingerprint density at radius 2 is 2.15 bits per heavy atom. The number of aromatic nitrogens is 2. The molecule has 0 saturated heterocycles. The van der Waals surface area contributed by atoms with Crippen LogP contribution in [-0.4, -0.2) is 21.6 Å². The van der Waals surface area contributed by atoms with Gasteiger partial charge in [0.15, 0.2) is 0 Å². The van der Waals surface area contributed by atoms with Crippen LogP contribution in [0.5, 0.6) is 0 Å². The number of halogens is 2. The molecule has 0 bridgehead atoms. The van der Waals surface area contributed by atoms with Gasteiger partial charge in [0, 0.05) is 11.0 Å². The maximum absolute atomic E-state index is 6.28. The molecule has 0 aliphatic carbocycles. The molecular formula is C15H20BrClN2S. The van der Waals surface area contributed by atoms with E-state index in [9.17, 15) is 0 Å². The molecule has 1 unspecified atom stereocenters. The van der Waals surface area contributed by atoms with Crippen molar-refractivity contribution in [2.24, 2.45) is 0 Å². The van der Waals surface area contributed by atoms with E-state index in [-0.39, 0.29) is 5.38 Å². The number of unbranched alkanes of at least 4 members (excludes halogenated alkanes) is 2. The van der Waals surface area contributed by atoms with E-state index >= 15 is 0 Å². The van der Waals surface area contributed by atoms with Gasteiger partial charge in [0.1, 0.15) is 5.82 Å². The molecule has 1 heterocycles. The highest BCUT2D eigenvalue weighted by Crippen LogP contribution is 2.27. The monoisotopic (exact) mass is 374 g/mol. The minimum Gasteiger partial charge on any atom is -0.327 e. The third-order valence-electron chi connectivity index (χ3n) is 3.33. The number of hydrogen-bond donors (Lipinski definition) is 0. The molecule has 0 aliphatic heterocycles. The number of aryl methyl sites for hydroxylation is 1. The molecule has 2 rings (SSSR count). The summed E-state index contributed by atoms with van der Waals surface area (Å²) in [5.74, 6) is 2.22. The predicted octanol–water partition coefficient (Wildman–Crippen LogP) is 5.63. The van der Waals surface area contributed by atoms with E-state index in [0.717, 1.165) is 22.4 Å². The van der Waals surface area contributed by atoms with E-state index in [1.165, 1.54) is 30.5 Å². The highest BCUT2D eigenvalue weighted by atomic mass is 79.9. The van der Waals surface area contributed by atoms with Crippen LogP contribution in [0.2, 0.25) is 0 Å². The van der Waals surface area contributed by atoms with Gasteiger partial charge in [-0.2, -0.15) is 11.8 Å². The molecule has 110 valence electrons. The Hall–Kier alpha value is -0.190. The van der Waals surface area contributed by atoms with E-state index in [1.807, 2.05) is 18.7 Å². The molecule has 1 aromatic carbocycles. The van der Waals surface area contributed by atoms with Crippen LogP contribution in [0.15, 0.2) is 22.7 Å². The van der Waals surface area contributed by atoms with Crippen molar-refractivity contribution in [1.82, 2.24) is 9.55 Å². The topological polar surface area (TPSA) is 17.8 Å². The van der Waals surface area contributed by atoms with Crippen LogP contribution in [0.25, 0.3) is 11.0 Å². The first-order valence-corrected chi connectivity index (χ1v) is 9.54. The minimum absolute atomic E-state index is 0.0626. The number of rotatable bonds is 7. The molecule has 0 aliphatic rings. The number of fused-ring (bicyclic) bond motifs is 1. The van der Waals surface area contributed by atoms with Crippen LogP contribution >= 0.6 is 39.3 Å². The molecule has 0 radical (unpaired) electrons. The third kappa shape index (κ3) is 3.92. The van der Waals surface area contributed by atoms with Crippen molar-refractivity contribution in [1.29, 1.82) is 0 Å². The van der Waals surface area contributed by atoms with Gasteiger partial charge >= 0.3 is 0 Å². The highest BCUT2D eigenvalue weighted by Gasteiger charge is 2.14. The highest BCUT2D eigenvalue weighted by molar-refractivity contribution is 9.10. The van der Waals surface area contributed by atoms with Crippen LogP contribution in [0.1, 0.15) is 37.4 Å². The summed E-state index contributed by atoms with van der Waals surface area (Å²) < 4.78 is 3.34. The molecule has 0 fully saturated rings. The molecule has 2 aromatic rings. The van der Waals surface area contributed by atoms with Crippen molar-refractivity contribution in [3.63, 3.8) is 0 Å². The van der Waals surface area contributed by atoms with E-state index < -0.39 is 0 Å². The lowest BCUT2D eigenvalue weighted by molar-refractivity contribution is 0.593. The molecule has 0 amide bonds. The van der Waals surface area contributed by atoms with Crippen molar-refractivity contribution in [3.8, 4) is 0 Å². The van der Waals surface area contributed by atoms with Gasteiger partial charge in [-0.15, -0.1) is 11.6 Å². The lowest BCUT2D eigenvalue weighted by Gasteiger charge is -2.10. The van der Waals surface area contributed by atoms with Crippen LogP contribution < -0.4 is 0 Å². The average Bonchev–Trinajstić information content (AvgIpc) is 2.76. The van der Waals surface area contributed by atoms with Crippen molar-refractivity contribution in [2.45, 2.75) is 38.1 Å². The quantitative estimate of drug-likeness (QED) is 0.461. The van der Waals surface area contributed by atoms with Gasteiger partial charge in [-0.3, -0.25) is 0 Å². The van der Waals surface area contributed by atoms with Gasteiger partial charge in [0.25, 0.3) is 0 Å². The first-order chi connectivity index (χ1) is 9.63. The maximum atomic E-state index is 6.28. The Bertz CT molecular complexity index is 568. The number of alkyl halides is 1. The number of imidazole rings is 1. The fourth-order valence-electron chi connectivity index (χ4n) is 2.35. The van der Waals surface area contributed by atoms with Crippen LogP contribution in [0.4, 0.5) is 0 Å².